The molecule has 9 heteroatoms. The van der Waals surface area contributed by atoms with Crippen molar-refractivity contribution in [3.05, 3.63) is 65.1 Å². The highest BCUT2D eigenvalue weighted by Gasteiger charge is 2.35. The quantitative estimate of drug-likeness (QED) is 0.611. The van der Waals surface area contributed by atoms with E-state index in [0.29, 0.717) is 34.5 Å². The second-order valence-electron chi connectivity index (χ2n) is 7.32. The number of carbonyl (C=O) groups is 1. The van der Waals surface area contributed by atoms with Crippen molar-refractivity contribution in [2.24, 2.45) is 0 Å². The van der Waals surface area contributed by atoms with Gasteiger partial charge in [-0.1, -0.05) is 18.2 Å². The molecule has 166 valence electrons. The van der Waals surface area contributed by atoms with Crippen LogP contribution >= 0.6 is 0 Å². The normalized spacial score (nSPS) is 15.0. The third-order valence-corrected chi connectivity index (χ3v) is 5.44. The zero-order chi connectivity index (χ0) is 22.8. The van der Waals surface area contributed by atoms with E-state index in [1.807, 2.05) is 50.2 Å². The molecule has 32 heavy (non-hydrogen) atoms. The predicted octanol–water partition coefficient (Wildman–Crippen LogP) is 3.54. The largest absolute Gasteiger partial charge is 0.493 e. The summed E-state index contributed by atoms with van der Waals surface area (Å²) >= 11 is 0. The molecule has 1 atom stereocenters. The van der Waals surface area contributed by atoms with Crippen molar-refractivity contribution in [3.63, 3.8) is 0 Å². The topological polar surface area (TPSA) is 99.5 Å². The number of hydrogen-bond donors (Lipinski definition) is 2. The molecule has 1 aromatic heterocycles. The lowest BCUT2D eigenvalue weighted by Gasteiger charge is -2.29. The van der Waals surface area contributed by atoms with Gasteiger partial charge in [-0.05, 0) is 43.2 Å². The Morgan fingerprint density at radius 3 is 2.38 bits per heavy atom. The van der Waals surface area contributed by atoms with Crippen molar-refractivity contribution in [1.29, 1.82) is 0 Å². The van der Waals surface area contributed by atoms with E-state index in [1.165, 1.54) is 6.33 Å². The van der Waals surface area contributed by atoms with Crippen LogP contribution < -0.4 is 24.8 Å². The van der Waals surface area contributed by atoms with Gasteiger partial charge in [0.2, 0.25) is 11.7 Å². The minimum atomic E-state index is -0.563. The first-order valence-electron chi connectivity index (χ1n) is 10.0. The molecule has 2 heterocycles. The van der Waals surface area contributed by atoms with E-state index < -0.39 is 6.04 Å². The number of nitrogens with one attached hydrogen (secondary N) is 2. The lowest BCUT2D eigenvalue weighted by Crippen LogP contribution is -2.31. The monoisotopic (exact) mass is 435 g/mol. The van der Waals surface area contributed by atoms with Gasteiger partial charge in [-0.25, -0.2) is 4.68 Å². The Labute approximate surface area is 186 Å². The first-order chi connectivity index (χ1) is 15.5. The van der Waals surface area contributed by atoms with Crippen molar-refractivity contribution in [2.45, 2.75) is 19.9 Å². The van der Waals surface area contributed by atoms with E-state index in [-0.39, 0.29) is 5.91 Å². The van der Waals surface area contributed by atoms with Crippen LogP contribution in [0.3, 0.4) is 0 Å². The fourth-order valence-corrected chi connectivity index (χ4v) is 3.86. The van der Waals surface area contributed by atoms with Crippen LogP contribution in [0.4, 0.5) is 11.6 Å². The van der Waals surface area contributed by atoms with E-state index in [1.54, 1.807) is 26.0 Å². The standard InChI is InChI=1S/C23H25N5O4/c1-13-8-6-7-9-16(13)27-22(29)19-14(2)26-23-24-12-25-28(23)20(19)15-10-17(30-3)21(32-5)18(11-15)31-4/h6-12,20H,1-5H3,(H,27,29)(H,24,25,26)/t20-/m0/s1. The first kappa shape index (κ1) is 21.2. The van der Waals surface area contributed by atoms with Crippen LogP contribution in [-0.4, -0.2) is 42.0 Å². The number of benzene rings is 2. The lowest BCUT2D eigenvalue weighted by molar-refractivity contribution is -0.113. The van der Waals surface area contributed by atoms with Gasteiger partial charge in [0.25, 0.3) is 5.91 Å². The molecule has 1 amide bonds. The van der Waals surface area contributed by atoms with Gasteiger partial charge < -0.3 is 24.8 Å². The average Bonchev–Trinajstić information content (AvgIpc) is 3.26. The highest BCUT2D eigenvalue weighted by Crippen LogP contribution is 2.43. The molecular weight excluding hydrogens is 410 g/mol. The molecule has 2 aromatic carbocycles. The molecule has 0 spiro atoms. The summed E-state index contributed by atoms with van der Waals surface area (Å²) in [6.07, 6.45) is 1.45. The number of allylic oxidation sites excluding steroid dienone is 1. The molecule has 3 aromatic rings. The number of fused-ring (bicyclic) bond motifs is 1. The Hall–Kier alpha value is -4.01. The minimum Gasteiger partial charge on any atom is -0.493 e. The van der Waals surface area contributed by atoms with E-state index >= 15 is 0 Å². The maximum atomic E-state index is 13.5. The molecule has 1 aliphatic heterocycles. The Morgan fingerprint density at radius 1 is 1.06 bits per heavy atom. The summed E-state index contributed by atoms with van der Waals surface area (Å²) in [7, 11) is 4.65. The van der Waals surface area contributed by atoms with Crippen molar-refractivity contribution in [3.8, 4) is 17.2 Å². The Kier molecular flexibility index (Phi) is 5.72. The molecule has 0 bridgehead atoms. The molecule has 2 N–H and O–H groups in total. The molecule has 0 radical (unpaired) electrons. The van der Waals surface area contributed by atoms with Gasteiger partial charge in [-0.15, -0.1) is 0 Å². The molecule has 0 aliphatic carbocycles. The molecular formula is C23H25N5O4. The van der Waals surface area contributed by atoms with E-state index in [0.717, 1.165) is 16.8 Å². The van der Waals surface area contributed by atoms with E-state index in [2.05, 4.69) is 20.7 Å². The van der Waals surface area contributed by atoms with E-state index in [4.69, 9.17) is 14.2 Å². The molecule has 0 saturated carbocycles. The molecule has 0 fully saturated rings. The highest BCUT2D eigenvalue weighted by molar-refractivity contribution is 6.06. The zero-order valence-corrected chi connectivity index (χ0v) is 18.6. The van der Waals surface area contributed by atoms with Gasteiger partial charge in [0, 0.05) is 11.4 Å². The smallest absolute Gasteiger partial charge is 0.255 e. The summed E-state index contributed by atoms with van der Waals surface area (Å²) in [5, 5.41) is 10.6. The number of aryl methyl sites for hydroxylation is 1. The average molecular weight is 435 g/mol. The van der Waals surface area contributed by atoms with Crippen LogP contribution in [0.5, 0.6) is 17.2 Å². The van der Waals surface area contributed by atoms with Crippen LogP contribution in [0.1, 0.15) is 24.1 Å². The summed E-state index contributed by atoms with van der Waals surface area (Å²) < 4.78 is 18.2. The number of methoxy groups -OCH3 is 3. The maximum absolute atomic E-state index is 13.5. The summed E-state index contributed by atoms with van der Waals surface area (Å²) in [6.45, 7) is 3.79. The summed E-state index contributed by atoms with van der Waals surface area (Å²) in [5.74, 6) is 1.73. The van der Waals surface area contributed by atoms with Gasteiger partial charge >= 0.3 is 0 Å². The van der Waals surface area contributed by atoms with Gasteiger partial charge in [-0.3, -0.25) is 4.79 Å². The molecule has 0 unspecified atom stereocenters. The Bertz CT molecular complexity index is 1180. The number of anilines is 2. The second-order valence-corrected chi connectivity index (χ2v) is 7.32. The summed E-state index contributed by atoms with van der Waals surface area (Å²) in [6, 6.07) is 10.7. The number of carbonyl (C=O) groups excluding carboxylic acids is 1. The van der Waals surface area contributed by atoms with Crippen LogP contribution in [0.15, 0.2) is 54.0 Å². The zero-order valence-electron chi connectivity index (χ0n) is 18.6. The number of nitrogens with zero attached hydrogens (tertiary/aromatic N) is 3. The third kappa shape index (κ3) is 3.62. The van der Waals surface area contributed by atoms with Crippen LogP contribution in [0.25, 0.3) is 0 Å². The predicted molar refractivity (Wildman–Crippen MR) is 120 cm³/mol. The lowest BCUT2D eigenvalue weighted by atomic mass is 9.94. The number of rotatable bonds is 6. The van der Waals surface area contributed by atoms with Crippen molar-refractivity contribution < 1.29 is 19.0 Å². The van der Waals surface area contributed by atoms with Crippen LogP contribution in [0, 0.1) is 6.92 Å². The van der Waals surface area contributed by atoms with Crippen molar-refractivity contribution in [1.82, 2.24) is 14.8 Å². The van der Waals surface area contributed by atoms with Crippen LogP contribution in [-0.2, 0) is 4.79 Å². The number of ether oxygens (including phenoxy) is 3. The van der Waals surface area contributed by atoms with Gasteiger partial charge in [-0.2, -0.15) is 10.1 Å². The van der Waals surface area contributed by atoms with Gasteiger partial charge in [0.15, 0.2) is 11.5 Å². The first-order valence-corrected chi connectivity index (χ1v) is 10.0. The van der Waals surface area contributed by atoms with Crippen molar-refractivity contribution in [2.75, 3.05) is 32.0 Å². The van der Waals surface area contributed by atoms with Crippen molar-refractivity contribution >= 4 is 17.5 Å². The van der Waals surface area contributed by atoms with Gasteiger partial charge in [0.1, 0.15) is 12.4 Å². The molecule has 0 saturated heterocycles. The SMILES string of the molecule is COc1cc([C@H]2C(C(=O)Nc3ccccc3C)=C(C)Nc3ncnn32)cc(OC)c1OC. The molecule has 9 nitrogen and oxygen atoms in total. The third-order valence-electron chi connectivity index (χ3n) is 5.44. The number of hydrogen-bond acceptors (Lipinski definition) is 7. The number of aromatic nitrogens is 3. The Balaban J connectivity index is 1.85. The minimum absolute atomic E-state index is 0.246. The van der Waals surface area contributed by atoms with Gasteiger partial charge in [0.05, 0.1) is 26.9 Å². The number of para-hydroxylation sites is 1. The summed E-state index contributed by atoms with van der Waals surface area (Å²) in [5.41, 5.74) is 3.62. The maximum Gasteiger partial charge on any atom is 0.255 e. The fourth-order valence-electron chi connectivity index (χ4n) is 3.86. The Morgan fingerprint density at radius 2 is 1.75 bits per heavy atom. The fraction of sp³-hybridized carbons (Fsp3) is 0.261. The van der Waals surface area contributed by atoms with Crippen LogP contribution in [0.2, 0.25) is 0 Å². The van der Waals surface area contributed by atoms with E-state index in [9.17, 15) is 4.79 Å². The molecule has 4 rings (SSSR count). The summed E-state index contributed by atoms with van der Waals surface area (Å²) in [4.78, 5) is 17.8. The number of amides is 1. The molecule has 1 aliphatic rings. The highest BCUT2D eigenvalue weighted by atomic mass is 16.5. The second kappa shape index (κ2) is 8.62.